The zero-order valence-corrected chi connectivity index (χ0v) is 9.25. The van der Waals surface area contributed by atoms with Gasteiger partial charge in [-0.25, -0.2) is 0 Å². The van der Waals surface area contributed by atoms with Crippen LogP contribution in [0.4, 0.5) is 5.69 Å². The number of nitrogens with two attached hydrogens (primary N) is 1. The van der Waals surface area contributed by atoms with E-state index in [0.717, 1.165) is 6.54 Å². The number of aliphatic hydroxyl groups is 1. The third-order valence-corrected chi connectivity index (χ3v) is 3.25. The van der Waals surface area contributed by atoms with Gasteiger partial charge < -0.3 is 16.2 Å². The quantitative estimate of drug-likeness (QED) is 0.680. The van der Waals surface area contributed by atoms with Crippen LogP contribution in [0.3, 0.4) is 0 Å². The highest BCUT2D eigenvalue weighted by atomic mass is 16.3. The van der Waals surface area contributed by atoms with Gasteiger partial charge >= 0.3 is 0 Å². The highest BCUT2D eigenvalue weighted by molar-refractivity contribution is 5.65. The standard InChI is InChI=1S/C12H18N2O/c1-7-3-4-8(2)12-11(7)9(6-14-12)10(15)5-13/h3-4,9-10,14-15H,5-6,13H2,1-2H3. The summed E-state index contributed by atoms with van der Waals surface area (Å²) in [6.07, 6.45) is -0.445. The van der Waals surface area contributed by atoms with E-state index >= 15 is 0 Å². The molecule has 3 heteroatoms. The van der Waals surface area contributed by atoms with Crippen LogP contribution in [-0.4, -0.2) is 24.3 Å². The Morgan fingerprint density at radius 1 is 1.47 bits per heavy atom. The number of hydrogen-bond donors (Lipinski definition) is 3. The molecule has 0 fully saturated rings. The largest absolute Gasteiger partial charge is 0.391 e. The van der Waals surface area contributed by atoms with Crippen molar-refractivity contribution in [3.8, 4) is 0 Å². The molecule has 1 aromatic rings. The second kappa shape index (κ2) is 3.83. The summed E-state index contributed by atoms with van der Waals surface area (Å²) in [5.74, 6) is 0.143. The van der Waals surface area contributed by atoms with Gasteiger partial charge in [-0.1, -0.05) is 12.1 Å². The molecule has 2 unspecified atom stereocenters. The number of nitrogens with one attached hydrogen (secondary N) is 1. The molecule has 1 heterocycles. The molecule has 0 bridgehead atoms. The SMILES string of the molecule is Cc1ccc(C)c2c1NCC2C(O)CN. The van der Waals surface area contributed by atoms with Crippen LogP contribution in [0.5, 0.6) is 0 Å². The van der Waals surface area contributed by atoms with E-state index in [0.29, 0.717) is 6.54 Å². The van der Waals surface area contributed by atoms with Gasteiger partial charge in [-0.15, -0.1) is 0 Å². The predicted molar refractivity (Wildman–Crippen MR) is 62.2 cm³/mol. The molecule has 0 saturated carbocycles. The fraction of sp³-hybridized carbons (Fsp3) is 0.500. The summed E-state index contributed by atoms with van der Waals surface area (Å²) in [4.78, 5) is 0. The van der Waals surface area contributed by atoms with Crippen LogP contribution < -0.4 is 11.1 Å². The van der Waals surface area contributed by atoms with E-state index in [1.54, 1.807) is 0 Å². The molecule has 0 saturated heterocycles. The lowest BCUT2D eigenvalue weighted by molar-refractivity contribution is 0.157. The Kier molecular flexibility index (Phi) is 2.67. The van der Waals surface area contributed by atoms with E-state index in [9.17, 15) is 5.11 Å². The van der Waals surface area contributed by atoms with E-state index in [4.69, 9.17) is 5.73 Å². The second-order valence-corrected chi connectivity index (χ2v) is 4.28. The molecule has 0 spiro atoms. The number of anilines is 1. The first-order valence-electron chi connectivity index (χ1n) is 5.37. The van der Waals surface area contributed by atoms with Crippen LogP contribution in [0.2, 0.25) is 0 Å². The van der Waals surface area contributed by atoms with Gasteiger partial charge in [0.1, 0.15) is 0 Å². The molecule has 0 aromatic heterocycles. The molecular weight excluding hydrogens is 188 g/mol. The van der Waals surface area contributed by atoms with E-state index < -0.39 is 6.10 Å². The van der Waals surface area contributed by atoms with E-state index in [-0.39, 0.29) is 5.92 Å². The lowest BCUT2D eigenvalue weighted by Crippen LogP contribution is -2.28. The summed E-state index contributed by atoms with van der Waals surface area (Å²) in [7, 11) is 0. The summed E-state index contributed by atoms with van der Waals surface area (Å²) < 4.78 is 0. The Labute approximate surface area is 90.3 Å². The highest BCUT2D eigenvalue weighted by Gasteiger charge is 2.29. The molecule has 0 amide bonds. The third kappa shape index (κ3) is 1.62. The number of rotatable bonds is 2. The predicted octanol–water partition coefficient (Wildman–Crippen LogP) is 1.13. The molecule has 0 radical (unpaired) electrons. The van der Waals surface area contributed by atoms with Gasteiger partial charge in [-0.2, -0.15) is 0 Å². The van der Waals surface area contributed by atoms with Gasteiger partial charge in [0, 0.05) is 24.7 Å². The van der Waals surface area contributed by atoms with Crippen molar-refractivity contribution >= 4 is 5.69 Å². The Hall–Kier alpha value is -1.06. The second-order valence-electron chi connectivity index (χ2n) is 4.28. The molecular formula is C12H18N2O. The van der Waals surface area contributed by atoms with Crippen molar-refractivity contribution in [2.75, 3.05) is 18.4 Å². The Balaban J connectivity index is 2.45. The minimum atomic E-state index is -0.445. The van der Waals surface area contributed by atoms with Crippen LogP contribution in [0.15, 0.2) is 12.1 Å². The monoisotopic (exact) mass is 206 g/mol. The van der Waals surface area contributed by atoms with Gasteiger partial charge in [0.05, 0.1) is 6.10 Å². The van der Waals surface area contributed by atoms with Gasteiger partial charge in [-0.05, 0) is 30.5 Å². The molecule has 1 aliphatic rings. The van der Waals surface area contributed by atoms with E-state index in [2.05, 4.69) is 31.3 Å². The number of benzene rings is 1. The maximum absolute atomic E-state index is 9.85. The van der Waals surface area contributed by atoms with Crippen molar-refractivity contribution in [3.05, 3.63) is 28.8 Å². The van der Waals surface area contributed by atoms with Crippen LogP contribution in [0.1, 0.15) is 22.6 Å². The maximum Gasteiger partial charge on any atom is 0.0748 e. The average Bonchev–Trinajstić information content (AvgIpc) is 2.68. The highest BCUT2D eigenvalue weighted by Crippen LogP contribution is 2.38. The van der Waals surface area contributed by atoms with E-state index in [1.165, 1.54) is 22.4 Å². The lowest BCUT2D eigenvalue weighted by Gasteiger charge is -2.18. The van der Waals surface area contributed by atoms with Crippen molar-refractivity contribution in [3.63, 3.8) is 0 Å². The van der Waals surface area contributed by atoms with Gasteiger partial charge in [0.2, 0.25) is 0 Å². The lowest BCUT2D eigenvalue weighted by atomic mass is 9.90. The Morgan fingerprint density at radius 2 is 2.13 bits per heavy atom. The maximum atomic E-state index is 9.85. The average molecular weight is 206 g/mol. The van der Waals surface area contributed by atoms with Crippen molar-refractivity contribution in [2.24, 2.45) is 5.73 Å². The zero-order valence-electron chi connectivity index (χ0n) is 9.25. The molecule has 2 rings (SSSR count). The smallest absolute Gasteiger partial charge is 0.0748 e. The van der Waals surface area contributed by atoms with Gasteiger partial charge in [-0.3, -0.25) is 0 Å². The molecule has 1 aliphatic heterocycles. The third-order valence-electron chi connectivity index (χ3n) is 3.25. The number of fused-ring (bicyclic) bond motifs is 1. The summed E-state index contributed by atoms with van der Waals surface area (Å²) in [6, 6.07) is 4.22. The normalized spacial score (nSPS) is 20.9. The van der Waals surface area contributed by atoms with Crippen molar-refractivity contribution in [2.45, 2.75) is 25.9 Å². The Bertz CT molecular complexity index is 376. The van der Waals surface area contributed by atoms with Crippen molar-refractivity contribution in [1.29, 1.82) is 0 Å². The van der Waals surface area contributed by atoms with Crippen molar-refractivity contribution < 1.29 is 5.11 Å². The summed E-state index contributed by atoms with van der Waals surface area (Å²) in [5.41, 5.74) is 10.4. The zero-order chi connectivity index (χ0) is 11.0. The number of hydrogen-bond acceptors (Lipinski definition) is 3. The molecule has 15 heavy (non-hydrogen) atoms. The van der Waals surface area contributed by atoms with Crippen LogP contribution in [-0.2, 0) is 0 Å². The molecule has 1 aromatic carbocycles. The Morgan fingerprint density at radius 3 is 2.80 bits per heavy atom. The minimum Gasteiger partial charge on any atom is -0.391 e. The van der Waals surface area contributed by atoms with Gasteiger partial charge in [0.15, 0.2) is 0 Å². The van der Waals surface area contributed by atoms with Crippen molar-refractivity contribution in [1.82, 2.24) is 0 Å². The number of aryl methyl sites for hydroxylation is 2. The fourth-order valence-corrected chi connectivity index (χ4v) is 2.35. The first kappa shape index (κ1) is 10.5. The fourth-order valence-electron chi connectivity index (χ4n) is 2.35. The first-order chi connectivity index (χ1) is 7.15. The molecule has 3 nitrogen and oxygen atoms in total. The van der Waals surface area contributed by atoms with Crippen LogP contribution in [0.25, 0.3) is 0 Å². The summed E-state index contributed by atoms with van der Waals surface area (Å²) in [5, 5.41) is 13.2. The minimum absolute atomic E-state index is 0.143. The van der Waals surface area contributed by atoms with Crippen LogP contribution >= 0.6 is 0 Å². The summed E-state index contributed by atoms with van der Waals surface area (Å²) in [6.45, 7) is 5.28. The topological polar surface area (TPSA) is 58.3 Å². The summed E-state index contributed by atoms with van der Waals surface area (Å²) >= 11 is 0. The molecule has 2 atom stereocenters. The first-order valence-corrected chi connectivity index (χ1v) is 5.37. The molecule has 0 aliphatic carbocycles. The van der Waals surface area contributed by atoms with Gasteiger partial charge in [0.25, 0.3) is 0 Å². The molecule has 82 valence electrons. The molecule has 4 N–H and O–H groups in total. The van der Waals surface area contributed by atoms with E-state index in [1.807, 2.05) is 0 Å². The number of aliphatic hydroxyl groups excluding tert-OH is 1. The van der Waals surface area contributed by atoms with Crippen LogP contribution in [0, 0.1) is 13.8 Å².